The Balaban J connectivity index is 1.84. The number of benzene rings is 1. The summed E-state index contributed by atoms with van der Waals surface area (Å²) in [6, 6.07) is 9.61. The number of amides is 1. The summed E-state index contributed by atoms with van der Waals surface area (Å²) in [5.41, 5.74) is 3.13. The van der Waals surface area contributed by atoms with Crippen molar-refractivity contribution in [1.29, 1.82) is 0 Å². The SMILES string of the molecule is Cc1ccsc1CN(C)C(=O)c1cnc2ccccc2n1. The van der Waals surface area contributed by atoms with Crippen LogP contribution in [0.15, 0.2) is 41.9 Å². The average Bonchev–Trinajstić information content (AvgIpc) is 2.91. The molecule has 2 aromatic heterocycles. The Bertz CT molecular complexity index is 797. The molecule has 0 aliphatic carbocycles. The summed E-state index contributed by atoms with van der Waals surface area (Å²) >= 11 is 1.66. The first-order valence-electron chi connectivity index (χ1n) is 6.65. The maximum absolute atomic E-state index is 12.5. The van der Waals surface area contributed by atoms with E-state index in [1.165, 1.54) is 10.4 Å². The van der Waals surface area contributed by atoms with Crippen LogP contribution in [0.5, 0.6) is 0 Å². The van der Waals surface area contributed by atoms with Crippen LogP contribution in [0.1, 0.15) is 20.9 Å². The summed E-state index contributed by atoms with van der Waals surface area (Å²) in [6.07, 6.45) is 1.54. The van der Waals surface area contributed by atoms with Crippen LogP contribution >= 0.6 is 11.3 Å². The van der Waals surface area contributed by atoms with Crippen molar-refractivity contribution in [2.45, 2.75) is 13.5 Å². The van der Waals surface area contributed by atoms with Gasteiger partial charge in [0.25, 0.3) is 5.91 Å². The van der Waals surface area contributed by atoms with Gasteiger partial charge in [0, 0.05) is 11.9 Å². The normalized spacial score (nSPS) is 10.8. The van der Waals surface area contributed by atoms with Gasteiger partial charge in [-0.05, 0) is 36.1 Å². The van der Waals surface area contributed by atoms with Gasteiger partial charge < -0.3 is 4.90 Å². The molecule has 0 unspecified atom stereocenters. The number of hydrogen-bond acceptors (Lipinski definition) is 4. The van der Waals surface area contributed by atoms with E-state index in [2.05, 4.69) is 23.0 Å². The van der Waals surface area contributed by atoms with Crippen LogP contribution in [0.4, 0.5) is 0 Å². The Morgan fingerprint density at radius 1 is 1.24 bits per heavy atom. The molecule has 3 rings (SSSR count). The second-order valence-corrected chi connectivity index (χ2v) is 5.93. The first-order valence-corrected chi connectivity index (χ1v) is 7.53. The van der Waals surface area contributed by atoms with Gasteiger partial charge in [0.2, 0.25) is 0 Å². The highest BCUT2D eigenvalue weighted by Gasteiger charge is 2.15. The van der Waals surface area contributed by atoms with E-state index in [-0.39, 0.29) is 5.91 Å². The molecule has 1 aromatic carbocycles. The first-order chi connectivity index (χ1) is 10.1. The van der Waals surface area contributed by atoms with Gasteiger partial charge in [0.05, 0.1) is 23.8 Å². The molecule has 0 aliphatic heterocycles. The highest BCUT2D eigenvalue weighted by Crippen LogP contribution is 2.18. The van der Waals surface area contributed by atoms with Crippen LogP contribution in [0.3, 0.4) is 0 Å². The lowest BCUT2D eigenvalue weighted by Crippen LogP contribution is -2.27. The second kappa shape index (κ2) is 5.61. The minimum Gasteiger partial charge on any atom is -0.335 e. The average molecular weight is 297 g/mol. The molecule has 0 fully saturated rings. The molecule has 2 heterocycles. The summed E-state index contributed by atoms with van der Waals surface area (Å²) in [7, 11) is 1.79. The van der Waals surface area contributed by atoms with E-state index in [0.29, 0.717) is 12.2 Å². The molecule has 4 nitrogen and oxygen atoms in total. The van der Waals surface area contributed by atoms with Gasteiger partial charge in [-0.2, -0.15) is 0 Å². The van der Waals surface area contributed by atoms with E-state index >= 15 is 0 Å². The van der Waals surface area contributed by atoms with Crippen molar-refractivity contribution < 1.29 is 4.79 Å². The van der Waals surface area contributed by atoms with Gasteiger partial charge >= 0.3 is 0 Å². The fraction of sp³-hybridized carbons (Fsp3) is 0.188. The maximum Gasteiger partial charge on any atom is 0.274 e. The molecule has 0 saturated carbocycles. The van der Waals surface area contributed by atoms with E-state index in [4.69, 9.17) is 0 Å². The number of fused-ring (bicyclic) bond motifs is 1. The van der Waals surface area contributed by atoms with Crippen molar-refractivity contribution in [3.63, 3.8) is 0 Å². The number of carbonyl (C=O) groups is 1. The van der Waals surface area contributed by atoms with Gasteiger partial charge in [-0.3, -0.25) is 9.78 Å². The number of aryl methyl sites for hydroxylation is 1. The molecule has 0 saturated heterocycles. The Kier molecular flexibility index (Phi) is 3.66. The topological polar surface area (TPSA) is 46.1 Å². The number of nitrogens with zero attached hydrogens (tertiary/aromatic N) is 3. The summed E-state index contributed by atoms with van der Waals surface area (Å²) in [5, 5.41) is 2.04. The molecule has 0 bridgehead atoms. The Hall–Kier alpha value is -2.27. The quantitative estimate of drug-likeness (QED) is 0.745. The van der Waals surface area contributed by atoms with Crippen LogP contribution in [0, 0.1) is 6.92 Å². The smallest absolute Gasteiger partial charge is 0.274 e. The molecule has 0 atom stereocenters. The predicted molar refractivity (Wildman–Crippen MR) is 84.4 cm³/mol. The molecule has 5 heteroatoms. The molecule has 1 amide bonds. The predicted octanol–water partition coefficient (Wildman–Crippen LogP) is 3.27. The summed E-state index contributed by atoms with van der Waals surface area (Å²) in [4.78, 5) is 24.0. The summed E-state index contributed by atoms with van der Waals surface area (Å²) < 4.78 is 0. The minimum absolute atomic E-state index is 0.110. The van der Waals surface area contributed by atoms with E-state index in [1.807, 2.05) is 29.6 Å². The third-order valence-corrected chi connectivity index (χ3v) is 4.37. The Labute approximate surface area is 127 Å². The van der Waals surface area contributed by atoms with Crippen LogP contribution in [-0.4, -0.2) is 27.8 Å². The standard InChI is InChI=1S/C16H15N3OS/c1-11-7-8-21-15(11)10-19(2)16(20)14-9-17-12-5-3-4-6-13(12)18-14/h3-9H,10H2,1-2H3. The van der Waals surface area contributed by atoms with Crippen LogP contribution < -0.4 is 0 Å². The fourth-order valence-electron chi connectivity index (χ4n) is 2.11. The monoisotopic (exact) mass is 297 g/mol. The van der Waals surface area contributed by atoms with E-state index in [0.717, 1.165) is 11.0 Å². The summed E-state index contributed by atoms with van der Waals surface area (Å²) in [5.74, 6) is -0.110. The van der Waals surface area contributed by atoms with Gasteiger partial charge in [0.1, 0.15) is 5.69 Å². The number of thiophene rings is 1. The van der Waals surface area contributed by atoms with Crippen LogP contribution in [0.25, 0.3) is 11.0 Å². The zero-order valence-corrected chi connectivity index (χ0v) is 12.7. The van der Waals surface area contributed by atoms with Crippen molar-refractivity contribution in [2.75, 3.05) is 7.05 Å². The lowest BCUT2D eigenvalue weighted by molar-refractivity contribution is 0.0780. The largest absolute Gasteiger partial charge is 0.335 e. The molecule has 21 heavy (non-hydrogen) atoms. The molecular formula is C16H15N3OS. The molecule has 0 radical (unpaired) electrons. The maximum atomic E-state index is 12.5. The molecule has 3 aromatic rings. The van der Waals surface area contributed by atoms with Gasteiger partial charge in [-0.1, -0.05) is 12.1 Å². The number of hydrogen-bond donors (Lipinski definition) is 0. The Morgan fingerprint density at radius 2 is 2.00 bits per heavy atom. The highest BCUT2D eigenvalue weighted by atomic mass is 32.1. The van der Waals surface area contributed by atoms with E-state index in [1.54, 1.807) is 29.5 Å². The van der Waals surface area contributed by atoms with Gasteiger partial charge in [-0.25, -0.2) is 4.98 Å². The van der Waals surface area contributed by atoms with E-state index < -0.39 is 0 Å². The van der Waals surface area contributed by atoms with Crippen molar-refractivity contribution in [3.8, 4) is 0 Å². The number of carbonyl (C=O) groups excluding carboxylic acids is 1. The zero-order valence-electron chi connectivity index (χ0n) is 11.9. The molecule has 0 N–H and O–H groups in total. The third kappa shape index (κ3) is 2.78. The fourth-order valence-corrected chi connectivity index (χ4v) is 3.07. The van der Waals surface area contributed by atoms with Crippen molar-refractivity contribution in [1.82, 2.24) is 14.9 Å². The Morgan fingerprint density at radius 3 is 2.71 bits per heavy atom. The third-order valence-electron chi connectivity index (χ3n) is 3.36. The number of aromatic nitrogens is 2. The highest BCUT2D eigenvalue weighted by molar-refractivity contribution is 7.10. The molecule has 106 valence electrons. The second-order valence-electron chi connectivity index (χ2n) is 4.93. The number of para-hydroxylation sites is 2. The molecular weight excluding hydrogens is 282 g/mol. The van der Waals surface area contributed by atoms with Crippen molar-refractivity contribution >= 4 is 28.3 Å². The van der Waals surface area contributed by atoms with Crippen molar-refractivity contribution in [2.24, 2.45) is 0 Å². The first kappa shape index (κ1) is 13.7. The lowest BCUT2D eigenvalue weighted by atomic mass is 10.2. The van der Waals surface area contributed by atoms with E-state index in [9.17, 15) is 4.79 Å². The molecule has 0 aliphatic rings. The van der Waals surface area contributed by atoms with Crippen LogP contribution in [0.2, 0.25) is 0 Å². The number of rotatable bonds is 3. The lowest BCUT2D eigenvalue weighted by Gasteiger charge is -2.16. The van der Waals surface area contributed by atoms with Crippen molar-refractivity contribution in [3.05, 3.63) is 58.0 Å². The van der Waals surface area contributed by atoms with Gasteiger partial charge in [-0.15, -0.1) is 11.3 Å². The summed E-state index contributed by atoms with van der Waals surface area (Å²) in [6.45, 7) is 2.65. The molecule has 0 spiro atoms. The zero-order chi connectivity index (χ0) is 14.8. The minimum atomic E-state index is -0.110. The van der Waals surface area contributed by atoms with Gasteiger partial charge in [0.15, 0.2) is 0 Å². The van der Waals surface area contributed by atoms with Crippen LogP contribution in [-0.2, 0) is 6.54 Å².